The summed E-state index contributed by atoms with van der Waals surface area (Å²) in [7, 11) is 0. The van der Waals surface area contributed by atoms with Gasteiger partial charge in [-0.15, -0.1) is 0 Å². The molecular weight excluding hydrogens is 266 g/mol. The molecular formula is C16H17N3O2. The van der Waals surface area contributed by atoms with E-state index in [1.165, 1.54) is 0 Å². The monoisotopic (exact) mass is 283 g/mol. The summed E-state index contributed by atoms with van der Waals surface area (Å²) in [5, 5.41) is 1.06. The van der Waals surface area contributed by atoms with Gasteiger partial charge in [0.05, 0.1) is 30.3 Å². The number of carbonyl (C=O) groups excluding carboxylic acids is 1. The topological polar surface area (TPSA) is 57.0 Å². The maximum atomic E-state index is 11.6. The molecule has 0 radical (unpaired) electrons. The van der Waals surface area contributed by atoms with E-state index >= 15 is 0 Å². The van der Waals surface area contributed by atoms with Gasteiger partial charge in [0.15, 0.2) is 0 Å². The summed E-state index contributed by atoms with van der Waals surface area (Å²) in [6.07, 6.45) is 2.13. The van der Waals surface area contributed by atoms with Crippen LogP contribution in [0.4, 0.5) is 0 Å². The van der Waals surface area contributed by atoms with E-state index in [1.54, 1.807) is 6.20 Å². The van der Waals surface area contributed by atoms with Crippen LogP contribution in [0.5, 0.6) is 0 Å². The summed E-state index contributed by atoms with van der Waals surface area (Å²) < 4.78 is 7.06. The Hall–Kier alpha value is -2.43. The number of hydrogen-bond acceptors (Lipinski definition) is 4. The minimum atomic E-state index is -0.183. The first-order valence-corrected chi connectivity index (χ1v) is 7.07. The quantitative estimate of drug-likeness (QED) is 0.691. The number of rotatable bonds is 4. The van der Waals surface area contributed by atoms with Crippen LogP contribution >= 0.6 is 0 Å². The van der Waals surface area contributed by atoms with Gasteiger partial charge >= 0.3 is 5.97 Å². The molecule has 2 aromatic heterocycles. The largest absolute Gasteiger partial charge is 0.466 e. The molecule has 0 saturated heterocycles. The number of esters is 1. The normalized spacial score (nSPS) is 11.1. The van der Waals surface area contributed by atoms with Crippen LogP contribution in [0.15, 0.2) is 30.5 Å². The average molecular weight is 283 g/mol. The first-order chi connectivity index (χ1) is 10.2. The van der Waals surface area contributed by atoms with Gasteiger partial charge in [0, 0.05) is 11.9 Å². The van der Waals surface area contributed by atoms with Crippen molar-refractivity contribution in [1.29, 1.82) is 0 Å². The molecule has 0 spiro atoms. The number of pyridine rings is 1. The third-order valence-electron chi connectivity index (χ3n) is 3.52. The van der Waals surface area contributed by atoms with Crippen LogP contribution in [0.3, 0.4) is 0 Å². The lowest BCUT2D eigenvalue weighted by molar-refractivity contribution is -0.143. The predicted molar refractivity (Wildman–Crippen MR) is 81.0 cm³/mol. The maximum absolute atomic E-state index is 11.6. The average Bonchev–Trinajstić information content (AvgIpc) is 2.81. The van der Waals surface area contributed by atoms with Crippen molar-refractivity contribution in [1.82, 2.24) is 14.5 Å². The Morgan fingerprint density at radius 2 is 2.10 bits per heavy atom. The Morgan fingerprint density at radius 3 is 2.90 bits per heavy atom. The van der Waals surface area contributed by atoms with E-state index < -0.39 is 0 Å². The Labute approximate surface area is 122 Å². The highest BCUT2D eigenvalue weighted by molar-refractivity contribution is 6.02. The molecule has 1 aromatic carbocycles. The summed E-state index contributed by atoms with van der Waals surface area (Å²) >= 11 is 0. The molecule has 0 N–H and O–H groups in total. The number of carbonyl (C=O) groups is 1. The number of hydrogen-bond donors (Lipinski definition) is 0. The minimum Gasteiger partial charge on any atom is -0.466 e. The molecule has 0 fully saturated rings. The molecule has 0 amide bonds. The fourth-order valence-corrected chi connectivity index (χ4v) is 2.59. The number of para-hydroxylation sites is 1. The van der Waals surface area contributed by atoms with Crippen LogP contribution in [-0.4, -0.2) is 27.1 Å². The second kappa shape index (κ2) is 5.52. The third kappa shape index (κ3) is 2.46. The number of aryl methyl sites for hydroxylation is 2. The fraction of sp³-hybridized carbons (Fsp3) is 0.312. The molecule has 0 bridgehead atoms. The SMILES string of the molecule is CCOC(=O)CCn1c(C)nc2cnc3ccccc3c21. The van der Waals surface area contributed by atoms with Gasteiger partial charge in [0.25, 0.3) is 0 Å². The number of fused-ring (bicyclic) bond motifs is 3. The lowest BCUT2D eigenvalue weighted by Gasteiger charge is -2.08. The highest BCUT2D eigenvalue weighted by atomic mass is 16.5. The molecule has 0 unspecified atom stereocenters. The van der Waals surface area contributed by atoms with Crippen molar-refractivity contribution in [2.75, 3.05) is 6.61 Å². The lowest BCUT2D eigenvalue weighted by Crippen LogP contribution is -2.10. The molecule has 0 aliphatic rings. The predicted octanol–water partition coefficient (Wildman–Crippen LogP) is 2.85. The van der Waals surface area contributed by atoms with Gasteiger partial charge in [-0.3, -0.25) is 9.78 Å². The summed E-state index contributed by atoms with van der Waals surface area (Å²) in [6.45, 7) is 4.74. The number of benzene rings is 1. The molecule has 2 heterocycles. The zero-order chi connectivity index (χ0) is 14.8. The van der Waals surface area contributed by atoms with Crippen molar-refractivity contribution < 1.29 is 9.53 Å². The molecule has 3 rings (SSSR count). The Kier molecular flexibility index (Phi) is 3.56. The second-order valence-corrected chi connectivity index (χ2v) is 4.87. The minimum absolute atomic E-state index is 0.183. The van der Waals surface area contributed by atoms with Crippen LogP contribution in [0.2, 0.25) is 0 Å². The third-order valence-corrected chi connectivity index (χ3v) is 3.52. The zero-order valence-electron chi connectivity index (χ0n) is 12.2. The van der Waals surface area contributed by atoms with Crippen molar-refractivity contribution >= 4 is 27.9 Å². The standard InChI is InChI=1S/C16H17N3O2/c1-3-21-15(20)8-9-19-11(2)18-14-10-17-13-7-5-4-6-12(13)16(14)19/h4-7,10H,3,8-9H2,1-2H3. The number of imidazole rings is 1. The van der Waals surface area contributed by atoms with Crippen LogP contribution < -0.4 is 0 Å². The van der Waals surface area contributed by atoms with Crippen molar-refractivity contribution in [3.8, 4) is 0 Å². The molecule has 0 aliphatic carbocycles. The second-order valence-electron chi connectivity index (χ2n) is 4.87. The van der Waals surface area contributed by atoms with E-state index in [0.717, 1.165) is 27.8 Å². The number of nitrogens with zero attached hydrogens (tertiary/aromatic N) is 3. The lowest BCUT2D eigenvalue weighted by atomic mass is 10.2. The number of aromatic nitrogens is 3. The molecule has 0 aliphatic heterocycles. The first kappa shape index (κ1) is 13.5. The Morgan fingerprint density at radius 1 is 1.29 bits per heavy atom. The summed E-state index contributed by atoms with van der Waals surface area (Å²) in [6, 6.07) is 7.97. The van der Waals surface area contributed by atoms with Crippen LogP contribution in [-0.2, 0) is 16.1 Å². The smallest absolute Gasteiger partial charge is 0.307 e. The summed E-state index contributed by atoms with van der Waals surface area (Å²) in [5.74, 6) is 0.699. The van der Waals surface area contributed by atoms with Crippen molar-refractivity contribution in [2.45, 2.75) is 26.8 Å². The first-order valence-electron chi connectivity index (χ1n) is 7.07. The van der Waals surface area contributed by atoms with Crippen LogP contribution in [0.25, 0.3) is 21.9 Å². The molecule has 0 saturated carbocycles. The zero-order valence-corrected chi connectivity index (χ0v) is 12.2. The van der Waals surface area contributed by atoms with Gasteiger partial charge in [-0.2, -0.15) is 0 Å². The molecule has 3 aromatic rings. The van der Waals surface area contributed by atoms with Crippen LogP contribution in [0, 0.1) is 6.92 Å². The molecule has 21 heavy (non-hydrogen) atoms. The van der Waals surface area contributed by atoms with Gasteiger partial charge in [0.2, 0.25) is 0 Å². The van der Waals surface area contributed by atoms with Crippen molar-refractivity contribution in [3.63, 3.8) is 0 Å². The van der Waals surface area contributed by atoms with Gasteiger partial charge < -0.3 is 9.30 Å². The van der Waals surface area contributed by atoms with Crippen molar-refractivity contribution in [3.05, 3.63) is 36.3 Å². The van der Waals surface area contributed by atoms with Gasteiger partial charge in [-0.05, 0) is 19.9 Å². The van der Waals surface area contributed by atoms with E-state index in [1.807, 2.05) is 38.1 Å². The molecule has 0 atom stereocenters. The van der Waals surface area contributed by atoms with E-state index in [4.69, 9.17) is 4.74 Å². The molecule has 5 heteroatoms. The fourth-order valence-electron chi connectivity index (χ4n) is 2.59. The van der Waals surface area contributed by atoms with Crippen LogP contribution in [0.1, 0.15) is 19.2 Å². The Bertz CT molecular complexity index is 808. The van der Waals surface area contributed by atoms with E-state index in [2.05, 4.69) is 14.5 Å². The number of ether oxygens (including phenoxy) is 1. The molecule has 108 valence electrons. The highest BCUT2D eigenvalue weighted by Crippen LogP contribution is 2.24. The summed E-state index contributed by atoms with van der Waals surface area (Å²) in [4.78, 5) is 20.5. The summed E-state index contributed by atoms with van der Waals surface area (Å²) in [5.41, 5.74) is 2.82. The Balaban J connectivity index is 2.06. The van der Waals surface area contributed by atoms with E-state index in [-0.39, 0.29) is 5.97 Å². The van der Waals surface area contributed by atoms with Gasteiger partial charge in [-0.1, -0.05) is 18.2 Å². The van der Waals surface area contributed by atoms with E-state index in [0.29, 0.717) is 19.6 Å². The van der Waals surface area contributed by atoms with Crippen molar-refractivity contribution in [2.24, 2.45) is 0 Å². The molecule has 5 nitrogen and oxygen atoms in total. The maximum Gasteiger partial charge on any atom is 0.307 e. The van der Waals surface area contributed by atoms with E-state index in [9.17, 15) is 4.79 Å². The van der Waals surface area contributed by atoms with Gasteiger partial charge in [0.1, 0.15) is 11.3 Å². The van der Waals surface area contributed by atoms with Gasteiger partial charge in [-0.25, -0.2) is 4.98 Å². The highest BCUT2D eigenvalue weighted by Gasteiger charge is 2.13.